The fourth-order valence-corrected chi connectivity index (χ4v) is 4.28. The molecular weight excluding hydrogens is 376 g/mol. The number of carbonyl (C=O) groups excluding carboxylic acids is 1. The van der Waals surface area contributed by atoms with Crippen LogP contribution < -0.4 is 10.9 Å². The summed E-state index contributed by atoms with van der Waals surface area (Å²) in [5, 5.41) is 4.23. The molecule has 1 heterocycles. The van der Waals surface area contributed by atoms with Gasteiger partial charge in [-0.25, -0.2) is 9.78 Å². The van der Waals surface area contributed by atoms with E-state index in [-0.39, 0.29) is 29.7 Å². The van der Waals surface area contributed by atoms with Crippen molar-refractivity contribution >= 4 is 28.5 Å². The minimum atomic E-state index is -0.357. The Balaban J connectivity index is 1.94. The average molecular weight is 405 g/mol. The number of urea groups is 1. The van der Waals surface area contributed by atoms with E-state index in [9.17, 15) is 9.59 Å². The predicted molar refractivity (Wildman–Crippen MR) is 113 cm³/mol. The summed E-state index contributed by atoms with van der Waals surface area (Å²) < 4.78 is 1.53. The lowest BCUT2D eigenvalue weighted by atomic mass is 9.96. The van der Waals surface area contributed by atoms with Gasteiger partial charge in [0, 0.05) is 24.2 Å². The zero-order valence-electron chi connectivity index (χ0n) is 17.0. The van der Waals surface area contributed by atoms with Crippen LogP contribution in [-0.4, -0.2) is 32.6 Å². The number of hydrogen-bond donors (Lipinski definition) is 1. The maximum Gasteiger partial charge on any atom is 0.318 e. The van der Waals surface area contributed by atoms with E-state index >= 15 is 0 Å². The van der Waals surface area contributed by atoms with E-state index in [1.807, 2.05) is 20.8 Å². The lowest BCUT2D eigenvalue weighted by molar-refractivity contribution is 0.149. The van der Waals surface area contributed by atoms with Crippen molar-refractivity contribution in [1.29, 1.82) is 0 Å². The van der Waals surface area contributed by atoms with Gasteiger partial charge in [-0.1, -0.05) is 30.9 Å². The monoisotopic (exact) mass is 404 g/mol. The molecule has 0 aliphatic heterocycles. The minimum Gasteiger partial charge on any atom is -0.335 e. The van der Waals surface area contributed by atoms with Gasteiger partial charge in [-0.05, 0) is 51.8 Å². The Labute approximate surface area is 170 Å². The van der Waals surface area contributed by atoms with Gasteiger partial charge in [-0.2, -0.15) is 0 Å². The molecule has 1 atom stereocenters. The zero-order valence-corrected chi connectivity index (χ0v) is 17.8. The molecule has 28 heavy (non-hydrogen) atoms. The molecule has 1 aromatic carbocycles. The number of nitrogens with zero attached hydrogens (tertiary/aromatic N) is 3. The van der Waals surface area contributed by atoms with Gasteiger partial charge >= 0.3 is 6.03 Å². The third-order valence-electron chi connectivity index (χ3n) is 5.59. The highest BCUT2D eigenvalue weighted by Crippen LogP contribution is 2.24. The van der Waals surface area contributed by atoms with Crippen molar-refractivity contribution in [2.24, 2.45) is 7.05 Å². The largest absolute Gasteiger partial charge is 0.335 e. The average Bonchev–Trinajstić information content (AvgIpc) is 2.65. The van der Waals surface area contributed by atoms with Crippen LogP contribution in [0.25, 0.3) is 10.9 Å². The van der Waals surface area contributed by atoms with Crippen molar-refractivity contribution in [3.63, 3.8) is 0 Å². The molecule has 0 bridgehead atoms. The fourth-order valence-electron chi connectivity index (χ4n) is 4.11. The number of carbonyl (C=O) groups is 1. The maximum atomic E-state index is 13.1. The van der Waals surface area contributed by atoms with Gasteiger partial charge in [0.1, 0.15) is 5.82 Å². The number of rotatable bonds is 4. The third kappa shape index (κ3) is 4.17. The summed E-state index contributed by atoms with van der Waals surface area (Å²) in [5.41, 5.74) is 0.411. The molecule has 1 aliphatic carbocycles. The van der Waals surface area contributed by atoms with Crippen LogP contribution in [0.5, 0.6) is 0 Å². The number of hydrogen-bond acceptors (Lipinski definition) is 3. The Bertz CT molecular complexity index is 918. The Morgan fingerprint density at radius 3 is 2.57 bits per heavy atom. The minimum absolute atomic E-state index is 0.0365. The Morgan fingerprint density at radius 2 is 1.93 bits per heavy atom. The van der Waals surface area contributed by atoms with Crippen LogP contribution >= 0.6 is 11.6 Å². The second kappa shape index (κ2) is 8.52. The first-order chi connectivity index (χ1) is 13.3. The fraction of sp³-hybridized carbons (Fsp3) is 0.571. The molecule has 3 rings (SSSR count). The summed E-state index contributed by atoms with van der Waals surface area (Å²) in [6.07, 6.45) is 5.60. The summed E-state index contributed by atoms with van der Waals surface area (Å²) in [5.74, 6) is 0.548. The summed E-state index contributed by atoms with van der Waals surface area (Å²) in [4.78, 5) is 32.3. The van der Waals surface area contributed by atoms with Gasteiger partial charge in [0.25, 0.3) is 5.56 Å². The third-order valence-corrected chi connectivity index (χ3v) is 5.82. The van der Waals surface area contributed by atoms with E-state index in [1.165, 1.54) is 11.0 Å². The van der Waals surface area contributed by atoms with Crippen molar-refractivity contribution < 1.29 is 4.79 Å². The highest BCUT2D eigenvalue weighted by atomic mass is 35.5. The van der Waals surface area contributed by atoms with E-state index in [0.29, 0.717) is 21.7 Å². The van der Waals surface area contributed by atoms with Gasteiger partial charge in [-0.15, -0.1) is 0 Å². The van der Waals surface area contributed by atoms with E-state index in [4.69, 9.17) is 11.6 Å². The van der Waals surface area contributed by atoms with E-state index in [1.54, 1.807) is 30.1 Å². The van der Waals surface area contributed by atoms with Gasteiger partial charge in [0.2, 0.25) is 0 Å². The summed E-state index contributed by atoms with van der Waals surface area (Å²) in [6.45, 7) is 5.87. The molecule has 0 radical (unpaired) electrons. The van der Waals surface area contributed by atoms with Crippen molar-refractivity contribution in [3.05, 3.63) is 39.4 Å². The first-order valence-corrected chi connectivity index (χ1v) is 10.4. The van der Waals surface area contributed by atoms with E-state index in [2.05, 4.69) is 10.3 Å². The molecule has 2 amide bonds. The van der Waals surface area contributed by atoms with Gasteiger partial charge in [-0.3, -0.25) is 9.36 Å². The molecule has 1 N–H and O–H groups in total. The second-order valence-electron chi connectivity index (χ2n) is 7.96. The topological polar surface area (TPSA) is 67.2 Å². The quantitative estimate of drug-likeness (QED) is 0.821. The molecule has 2 aromatic rings. The normalized spacial score (nSPS) is 16.4. The lowest BCUT2D eigenvalue weighted by Gasteiger charge is -2.35. The van der Waals surface area contributed by atoms with Crippen LogP contribution in [0.4, 0.5) is 4.79 Å². The van der Waals surface area contributed by atoms with Crippen LogP contribution in [-0.2, 0) is 7.05 Å². The Kier molecular flexibility index (Phi) is 6.28. The number of benzene rings is 1. The second-order valence-corrected chi connectivity index (χ2v) is 8.39. The molecule has 1 fully saturated rings. The molecule has 1 aromatic heterocycles. The Morgan fingerprint density at radius 1 is 1.25 bits per heavy atom. The number of amides is 2. The first-order valence-electron chi connectivity index (χ1n) is 10.0. The number of nitrogens with one attached hydrogen (secondary N) is 1. The van der Waals surface area contributed by atoms with E-state index < -0.39 is 0 Å². The van der Waals surface area contributed by atoms with Crippen LogP contribution in [0, 0.1) is 0 Å². The molecule has 1 unspecified atom stereocenters. The van der Waals surface area contributed by atoms with Crippen LogP contribution in [0.15, 0.2) is 23.0 Å². The van der Waals surface area contributed by atoms with Crippen molar-refractivity contribution in [1.82, 2.24) is 19.8 Å². The predicted octanol–water partition coefficient (Wildman–Crippen LogP) is 4.40. The van der Waals surface area contributed by atoms with Crippen LogP contribution in [0.2, 0.25) is 5.02 Å². The highest BCUT2D eigenvalue weighted by Gasteiger charge is 2.29. The summed E-state index contributed by atoms with van der Waals surface area (Å²) >= 11 is 6.09. The smallest absolute Gasteiger partial charge is 0.318 e. The zero-order chi connectivity index (χ0) is 20.4. The number of aromatic nitrogens is 2. The first kappa shape index (κ1) is 20.6. The number of halogens is 1. The van der Waals surface area contributed by atoms with E-state index in [0.717, 1.165) is 25.7 Å². The lowest BCUT2D eigenvalue weighted by Crippen LogP contribution is -2.50. The van der Waals surface area contributed by atoms with Crippen molar-refractivity contribution in [2.75, 3.05) is 0 Å². The number of fused-ring (bicyclic) bond motifs is 1. The molecule has 0 saturated heterocycles. The SMILES string of the molecule is CC(C)N(C(=O)NC1CCCCC1)C(C)c1nc2cc(Cl)ccc2c(=O)n1C. The standard InChI is InChI=1S/C21H29ClN4O2/c1-13(2)26(21(28)23-16-8-6-5-7-9-16)14(3)19-24-18-12-15(22)10-11-17(18)20(27)25(19)4/h10-14,16H,5-9H2,1-4H3,(H,23,28). The van der Waals surface area contributed by atoms with Crippen LogP contribution in [0.3, 0.4) is 0 Å². The van der Waals surface area contributed by atoms with Crippen molar-refractivity contribution in [3.8, 4) is 0 Å². The maximum absolute atomic E-state index is 13.1. The van der Waals surface area contributed by atoms with Crippen LogP contribution in [0.1, 0.15) is 64.7 Å². The Hall–Kier alpha value is -2.08. The molecule has 1 saturated carbocycles. The molecular formula is C21H29ClN4O2. The molecule has 0 spiro atoms. The van der Waals surface area contributed by atoms with Crippen molar-refractivity contribution in [2.45, 2.75) is 71.0 Å². The van der Waals surface area contributed by atoms with Gasteiger partial charge in [0.05, 0.1) is 16.9 Å². The summed E-state index contributed by atoms with van der Waals surface area (Å²) in [7, 11) is 1.70. The van der Waals surface area contributed by atoms with Gasteiger partial charge in [0.15, 0.2) is 0 Å². The molecule has 6 nitrogen and oxygen atoms in total. The summed E-state index contributed by atoms with van der Waals surface area (Å²) in [6, 6.07) is 4.80. The molecule has 1 aliphatic rings. The molecule has 7 heteroatoms. The van der Waals surface area contributed by atoms with Gasteiger partial charge < -0.3 is 10.2 Å². The highest BCUT2D eigenvalue weighted by molar-refractivity contribution is 6.31. The molecule has 152 valence electrons.